The fourth-order valence-corrected chi connectivity index (χ4v) is 7.89. The lowest BCUT2D eigenvalue weighted by Crippen LogP contribution is -2.03. The van der Waals surface area contributed by atoms with Crippen LogP contribution in [-0.2, 0) is 6.42 Å². The molecular formula is C51H46. The fourth-order valence-electron chi connectivity index (χ4n) is 7.89. The molecule has 0 bridgehead atoms. The Labute approximate surface area is 303 Å². The Morgan fingerprint density at radius 2 is 1.10 bits per heavy atom. The van der Waals surface area contributed by atoms with E-state index in [-0.39, 0.29) is 0 Å². The lowest BCUT2D eigenvalue weighted by Gasteiger charge is -2.25. The van der Waals surface area contributed by atoms with E-state index in [2.05, 4.69) is 159 Å². The first-order valence-electron chi connectivity index (χ1n) is 18.6. The van der Waals surface area contributed by atoms with E-state index < -0.39 is 0 Å². The van der Waals surface area contributed by atoms with Crippen LogP contribution in [0.3, 0.4) is 0 Å². The molecular weight excluding hydrogens is 613 g/mol. The number of fused-ring (bicyclic) bond motifs is 6. The molecule has 0 heteroatoms. The van der Waals surface area contributed by atoms with Crippen molar-refractivity contribution in [3.05, 3.63) is 168 Å². The van der Waals surface area contributed by atoms with E-state index >= 15 is 0 Å². The van der Waals surface area contributed by atoms with Crippen LogP contribution in [0.4, 0.5) is 0 Å². The SMILES string of the molecule is C=Cc1cc(-c2ccc3ccc(-c4c5c(c(-c6cc7ccccc7c7ccccc67)c6ccccc46)CCC=C5)cc3c2)ccc1C.CC.CC. The van der Waals surface area contributed by atoms with Crippen molar-refractivity contribution >= 4 is 55.2 Å². The first-order chi connectivity index (χ1) is 25.2. The van der Waals surface area contributed by atoms with Crippen LogP contribution in [0.2, 0.25) is 0 Å². The summed E-state index contributed by atoms with van der Waals surface area (Å²) in [6.07, 6.45) is 8.77. The molecule has 0 saturated heterocycles. The summed E-state index contributed by atoms with van der Waals surface area (Å²) >= 11 is 0. The van der Waals surface area contributed by atoms with Gasteiger partial charge in [0.05, 0.1) is 0 Å². The Balaban J connectivity index is 0.000000983. The highest BCUT2D eigenvalue weighted by Crippen LogP contribution is 2.47. The Hall–Kier alpha value is -5.72. The summed E-state index contributed by atoms with van der Waals surface area (Å²) in [5.74, 6) is 0. The van der Waals surface area contributed by atoms with Crippen molar-refractivity contribution in [3.63, 3.8) is 0 Å². The Morgan fingerprint density at radius 3 is 1.84 bits per heavy atom. The van der Waals surface area contributed by atoms with Crippen LogP contribution in [-0.4, -0.2) is 0 Å². The van der Waals surface area contributed by atoms with Gasteiger partial charge < -0.3 is 0 Å². The maximum Gasteiger partial charge on any atom is -0.00295 e. The minimum absolute atomic E-state index is 1.02. The highest BCUT2D eigenvalue weighted by atomic mass is 14.3. The van der Waals surface area contributed by atoms with Crippen molar-refractivity contribution in [3.8, 4) is 33.4 Å². The summed E-state index contributed by atoms with van der Waals surface area (Å²) in [6.45, 7) is 14.2. The van der Waals surface area contributed by atoms with Gasteiger partial charge in [0, 0.05) is 0 Å². The maximum absolute atomic E-state index is 4.03. The van der Waals surface area contributed by atoms with Gasteiger partial charge in [0.2, 0.25) is 0 Å². The quantitative estimate of drug-likeness (QED) is 0.165. The van der Waals surface area contributed by atoms with Gasteiger partial charge in [-0.3, -0.25) is 0 Å². The third-order valence-electron chi connectivity index (χ3n) is 10.2. The second kappa shape index (κ2) is 14.6. The lowest BCUT2D eigenvalue weighted by molar-refractivity contribution is 0.992. The van der Waals surface area contributed by atoms with E-state index in [0.717, 1.165) is 12.8 Å². The molecule has 250 valence electrons. The Bertz CT molecular complexity index is 2590. The topological polar surface area (TPSA) is 0 Å². The summed E-state index contributed by atoms with van der Waals surface area (Å²) < 4.78 is 0. The minimum atomic E-state index is 1.02. The lowest BCUT2D eigenvalue weighted by atomic mass is 9.79. The molecule has 1 aliphatic carbocycles. The molecule has 0 N–H and O–H groups in total. The zero-order valence-corrected chi connectivity index (χ0v) is 30.6. The zero-order chi connectivity index (χ0) is 35.5. The molecule has 0 aliphatic heterocycles. The molecule has 0 unspecified atom stereocenters. The van der Waals surface area contributed by atoms with Gasteiger partial charge in [-0.15, -0.1) is 0 Å². The van der Waals surface area contributed by atoms with Crippen molar-refractivity contribution in [2.24, 2.45) is 0 Å². The highest BCUT2D eigenvalue weighted by molar-refractivity contribution is 6.19. The third-order valence-corrected chi connectivity index (χ3v) is 10.2. The second-order valence-corrected chi connectivity index (χ2v) is 12.9. The van der Waals surface area contributed by atoms with Crippen LogP contribution in [0.25, 0.3) is 88.6 Å². The van der Waals surface area contributed by atoms with E-state index in [9.17, 15) is 0 Å². The smallest absolute Gasteiger partial charge is 0.00295 e. The Morgan fingerprint density at radius 1 is 0.510 bits per heavy atom. The average Bonchev–Trinajstić information content (AvgIpc) is 3.21. The molecule has 0 radical (unpaired) electrons. The van der Waals surface area contributed by atoms with Gasteiger partial charge in [-0.2, -0.15) is 0 Å². The predicted molar refractivity (Wildman–Crippen MR) is 228 cm³/mol. The molecule has 0 aromatic heterocycles. The number of allylic oxidation sites excluding steroid dienone is 1. The Kier molecular flexibility index (Phi) is 9.69. The normalized spacial score (nSPS) is 11.9. The zero-order valence-electron chi connectivity index (χ0n) is 30.6. The van der Waals surface area contributed by atoms with Crippen LogP contribution in [0, 0.1) is 6.92 Å². The van der Waals surface area contributed by atoms with Crippen LogP contribution in [0.5, 0.6) is 0 Å². The van der Waals surface area contributed by atoms with Crippen LogP contribution in [0.15, 0.2) is 146 Å². The molecule has 8 aromatic rings. The van der Waals surface area contributed by atoms with Gasteiger partial charge in [-0.1, -0.05) is 162 Å². The van der Waals surface area contributed by atoms with Gasteiger partial charge >= 0.3 is 0 Å². The predicted octanol–water partition coefficient (Wildman–Crippen LogP) is 15.3. The maximum atomic E-state index is 4.03. The summed E-state index contributed by atoms with van der Waals surface area (Å²) in [4.78, 5) is 0. The van der Waals surface area contributed by atoms with E-state index in [1.54, 1.807) is 0 Å². The molecule has 0 fully saturated rings. The molecule has 1 aliphatic rings. The molecule has 0 atom stereocenters. The summed E-state index contributed by atoms with van der Waals surface area (Å²) in [5.41, 5.74) is 13.0. The van der Waals surface area contributed by atoms with Crippen LogP contribution < -0.4 is 0 Å². The molecule has 0 heterocycles. The monoisotopic (exact) mass is 658 g/mol. The average molecular weight is 659 g/mol. The van der Waals surface area contributed by atoms with Crippen molar-refractivity contribution < 1.29 is 0 Å². The van der Waals surface area contributed by atoms with Gasteiger partial charge in [-0.05, 0) is 143 Å². The van der Waals surface area contributed by atoms with Crippen molar-refractivity contribution in [2.45, 2.75) is 47.5 Å². The molecule has 8 aromatic carbocycles. The van der Waals surface area contributed by atoms with Crippen molar-refractivity contribution in [1.29, 1.82) is 0 Å². The minimum Gasteiger partial charge on any atom is -0.0985 e. The standard InChI is InChI=1S/C47H34.2C2H6/c1-3-31-26-33(21-20-30(31)2)34-24-22-32-23-25-36(28-37(32)27-34)46-41-16-8-10-18-43(41)47(44-19-11-9-17-42(44)46)45-29-35-12-4-5-13-38(35)39-14-6-7-15-40(39)45;2*1-2/h3-10,12-18,20-29H,1,11,19H2,2H3;2*1-2H3. The third kappa shape index (κ3) is 5.96. The summed E-state index contributed by atoms with van der Waals surface area (Å²) in [7, 11) is 0. The molecule has 0 amide bonds. The summed E-state index contributed by atoms with van der Waals surface area (Å²) in [5, 5.41) is 10.3. The molecule has 9 rings (SSSR count). The first-order valence-corrected chi connectivity index (χ1v) is 18.6. The van der Waals surface area contributed by atoms with Crippen LogP contribution >= 0.6 is 0 Å². The van der Waals surface area contributed by atoms with E-state index in [1.165, 1.54) is 98.7 Å². The van der Waals surface area contributed by atoms with Gasteiger partial charge in [0.25, 0.3) is 0 Å². The number of hydrogen-bond acceptors (Lipinski definition) is 0. The van der Waals surface area contributed by atoms with E-state index in [0.29, 0.717) is 0 Å². The molecule has 51 heavy (non-hydrogen) atoms. The molecule has 0 spiro atoms. The van der Waals surface area contributed by atoms with E-state index in [4.69, 9.17) is 0 Å². The molecule has 0 nitrogen and oxygen atoms in total. The number of aryl methyl sites for hydroxylation is 1. The van der Waals surface area contributed by atoms with Gasteiger partial charge in [-0.25, -0.2) is 0 Å². The van der Waals surface area contributed by atoms with Crippen molar-refractivity contribution in [2.75, 3.05) is 0 Å². The van der Waals surface area contributed by atoms with Gasteiger partial charge in [0.1, 0.15) is 0 Å². The largest absolute Gasteiger partial charge is 0.0985 e. The number of hydrogen-bond donors (Lipinski definition) is 0. The fraction of sp³-hybridized carbons (Fsp3) is 0.137. The van der Waals surface area contributed by atoms with Gasteiger partial charge in [0.15, 0.2) is 0 Å². The second-order valence-electron chi connectivity index (χ2n) is 12.9. The highest BCUT2D eigenvalue weighted by Gasteiger charge is 2.23. The summed E-state index contributed by atoms with van der Waals surface area (Å²) in [6, 6.07) is 49.7. The first kappa shape index (κ1) is 33.8. The van der Waals surface area contributed by atoms with E-state index in [1.807, 2.05) is 33.8 Å². The molecule has 0 saturated carbocycles. The number of rotatable bonds is 4. The van der Waals surface area contributed by atoms with Crippen molar-refractivity contribution in [1.82, 2.24) is 0 Å². The van der Waals surface area contributed by atoms with Crippen LogP contribution in [0.1, 0.15) is 56.4 Å². The number of benzene rings is 8.